The van der Waals surface area contributed by atoms with Crippen LogP contribution in [0.2, 0.25) is 0 Å². The Morgan fingerprint density at radius 1 is 1.89 bits per heavy atom. The highest BCUT2D eigenvalue weighted by molar-refractivity contribution is 8.05. The summed E-state index contributed by atoms with van der Waals surface area (Å²) in [6.45, 7) is 0. The molecule has 0 saturated heterocycles. The molecule has 2 nitrogen and oxygen atoms in total. The summed E-state index contributed by atoms with van der Waals surface area (Å²) >= 11 is 6.74. The van der Waals surface area contributed by atoms with E-state index in [9.17, 15) is 4.79 Å². The molecule has 0 spiro atoms. The molecule has 0 bridgehead atoms. The molecule has 1 atom stereocenters. The molecule has 1 heterocycles. The number of allylic oxidation sites excluding steroid dienone is 1. The van der Waals surface area contributed by atoms with Crippen LogP contribution >= 0.6 is 23.4 Å². The van der Waals surface area contributed by atoms with Crippen molar-refractivity contribution in [1.29, 1.82) is 0 Å². The van der Waals surface area contributed by atoms with Gasteiger partial charge in [0.15, 0.2) is 4.21 Å². The van der Waals surface area contributed by atoms with Crippen molar-refractivity contribution in [2.75, 3.05) is 0 Å². The van der Waals surface area contributed by atoms with Crippen LogP contribution in [0.3, 0.4) is 0 Å². The Morgan fingerprint density at radius 3 is 2.78 bits per heavy atom. The predicted octanol–water partition coefficient (Wildman–Crippen LogP) is 1.66. The van der Waals surface area contributed by atoms with Crippen LogP contribution in [0.5, 0.6) is 0 Å². The Morgan fingerprint density at radius 2 is 2.56 bits per heavy atom. The molecular formula is C5H5ClO2S. The van der Waals surface area contributed by atoms with Crippen LogP contribution in [0.25, 0.3) is 0 Å². The topological polar surface area (TPSA) is 37.3 Å². The maximum absolute atomic E-state index is 10.3. The van der Waals surface area contributed by atoms with E-state index < -0.39 is 10.2 Å². The molecule has 0 aromatic carbocycles. The van der Waals surface area contributed by atoms with Crippen molar-refractivity contribution in [1.82, 2.24) is 0 Å². The predicted molar refractivity (Wildman–Crippen MR) is 37.6 cm³/mol. The maximum atomic E-state index is 10.3. The van der Waals surface area contributed by atoms with Crippen molar-refractivity contribution < 1.29 is 9.90 Å². The van der Waals surface area contributed by atoms with Crippen LogP contribution in [-0.4, -0.2) is 15.3 Å². The Bertz CT molecular complexity index is 158. The maximum Gasteiger partial charge on any atom is 0.335 e. The number of carboxylic acid groups (broad SMARTS) is 1. The fourth-order valence-electron chi connectivity index (χ4n) is 0.541. The second-order valence-corrected chi connectivity index (χ2v) is 3.80. The number of carbonyl (C=O) groups is 1. The van der Waals surface area contributed by atoms with Crippen LogP contribution in [0.4, 0.5) is 0 Å². The van der Waals surface area contributed by atoms with E-state index in [-0.39, 0.29) is 0 Å². The van der Waals surface area contributed by atoms with Gasteiger partial charge in [-0.05, 0) is 5.41 Å². The Kier molecular flexibility index (Phi) is 1.73. The summed E-state index contributed by atoms with van der Waals surface area (Å²) < 4.78 is -1.11. The van der Waals surface area contributed by atoms with Crippen LogP contribution in [0.15, 0.2) is 11.5 Å². The minimum Gasteiger partial charge on any atom is -0.479 e. The lowest BCUT2D eigenvalue weighted by atomic mass is 10.3. The molecule has 0 aliphatic carbocycles. The van der Waals surface area contributed by atoms with Crippen molar-refractivity contribution in [2.45, 2.75) is 10.6 Å². The van der Waals surface area contributed by atoms with Gasteiger partial charge in [0, 0.05) is 6.42 Å². The zero-order chi connectivity index (χ0) is 6.91. The van der Waals surface area contributed by atoms with E-state index >= 15 is 0 Å². The number of rotatable bonds is 1. The van der Waals surface area contributed by atoms with Crippen LogP contribution < -0.4 is 0 Å². The van der Waals surface area contributed by atoms with Crippen molar-refractivity contribution in [2.24, 2.45) is 0 Å². The fraction of sp³-hybridized carbons (Fsp3) is 0.400. The van der Waals surface area contributed by atoms with Crippen molar-refractivity contribution >= 4 is 29.3 Å². The summed E-state index contributed by atoms with van der Waals surface area (Å²) in [6, 6.07) is 0. The van der Waals surface area contributed by atoms with E-state index in [0.29, 0.717) is 6.42 Å². The number of aliphatic carboxylic acids is 1. The molecule has 1 N–H and O–H groups in total. The SMILES string of the molecule is O=C(O)C1(Cl)CC=CS1. The quantitative estimate of drug-likeness (QED) is 0.599. The lowest BCUT2D eigenvalue weighted by Crippen LogP contribution is -2.24. The molecule has 1 unspecified atom stereocenters. The summed E-state index contributed by atoms with van der Waals surface area (Å²) in [7, 11) is 0. The first-order chi connectivity index (χ1) is 4.15. The minimum absolute atomic E-state index is 0.411. The lowest BCUT2D eigenvalue weighted by Gasteiger charge is -2.11. The molecule has 1 rings (SSSR count). The highest BCUT2D eigenvalue weighted by Crippen LogP contribution is 2.40. The van der Waals surface area contributed by atoms with Gasteiger partial charge in [0.2, 0.25) is 0 Å². The average Bonchev–Trinajstić information content (AvgIpc) is 2.16. The number of hydrogen-bond donors (Lipinski definition) is 1. The molecule has 50 valence electrons. The fourth-order valence-corrected chi connectivity index (χ4v) is 1.49. The highest BCUT2D eigenvalue weighted by Gasteiger charge is 2.37. The molecule has 0 aromatic heterocycles. The van der Waals surface area contributed by atoms with Gasteiger partial charge in [-0.15, -0.1) is 0 Å². The van der Waals surface area contributed by atoms with E-state index in [4.69, 9.17) is 16.7 Å². The van der Waals surface area contributed by atoms with Crippen LogP contribution in [-0.2, 0) is 4.79 Å². The summed E-state index contributed by atoms with van der Waals surface area (Å²) in [5.74, 6) is -0.959. The summed E-state index contributed by atoms with van der Waals surface area (Å²) in [4.78, 5) is 10.3. The molecule has 0 saturated carbocycles. The van der Waals surface area contributed by atoms with E-state index in [1.54, 1.807) is 11.5 Å². The average molecular weight is 165 g/mol. The van der Waals surface area contributed by atoms with E-state index in [1.807, 2.05) is 0 Å². The molecule has 0 aromatic rings. The summed E-state index contributed by atoms with van der Waals surface area (Å²) in [5.41, 5.74) is 0. The molecular weight excluding hydrogens is 160 g/mol. The molecule has 0 amide bonds. The normalized spacial score (nSPS) is 33.0. The van der Waals surface area contributed by atoms with Gasteiger partial charge < -0.3 is 5.11 Å². The third-order valence-corrected chi connectivity index (χ3v) is 2.68. The molecule has 1 aliphatic heterocycles. The number of thioether (sulfide) groups is 1. The standard InChI is InChI=1S/C5H5ClO2S/c6-5(4(7)8)2-1-3-9-5/h1,3H,2H2,(H,7,8). The monoisotopic (exact) mass is 164 g/mol. The zero-order valence-electron chi connectivity index (χ0n) is 4.50. The lowest BCUT2D eigenvalue weighted by molar-refractivity contribution is -0.137. The second kappa shape index (κ2) is 2.23. The third-order valence-electron chi connectivity index (χ3n) is 1.05. The van der Waals surface area contributed by atoms with Crippen molar-refractivity contribution in [3.8, 4) is 0 Å². The van der Waals surface area contributed by atoms with Crippen molar-refractivity contribution in [3.05, 3.63) is 11.5 Å². The van der Waals surface area contributed by atoms with Gasteiger partial charge >= 0.3 is 5.97 Å². The first-order valence-electron chi connectivity index (χ1n) is 2.40. The van der Waals surface area contributed by atoms with Gasteiger partial charge in [-0.1, -0.05) is 29.4 Å². The van der Waals surface area contributed by atoms with Gasteiger partial charge in [-0.2, -0.15) is 0 Å². The Labute approximate surface area is 61.9 Å². The highest BCUT2D eigenvalue weighted by atomic mass is 35.5. The Hall–Kier alpha value is -0.150. The van der Waals surface area contributed by atoms with Gasteiger partial charge in [0.05, 0.1) is 0 Å². The van der Waals surface area contributed by atoms with Gasteiger partial charge in [-0.25, -0.2) is 4.79 Å². The molecule has 4 heteroatoms. The van der Waals surface area contributed by atoms with Crippen LogP contribution in [0, 0.1) is 0 Å². The summed E-state index contributed by atoms with van der Waals surface area (Å²) in [5, 5.41) is 10.2. The molecule has 0 radical (unpaired) electrons. The molecule has 1 aliphatic rings. The first-order valence-corrected chi connectivity index (χ1v) is 3.66. The van der Waals surface area contributed by atoms with Gasteiger partial charge in [0.1, 0.15) is 0 Å². The number of alkyl halides is 1. The van der Waals surface area contributed by atoms with E-state index in [2.05, 4.69) is 0 Å². The Balaban J connectivity index is 2.66. The van der Waals surface area contributed by atoms with Gasteiger partial charge in [-0.3, -0.25) is 0 Å². The summed E-state index contributed by atoms with van der Waals surface area (Å²) in [6.07, 6.45) is 2.17. The first kappa shape index (κ1) is 6.96. The number of carboxylic acids is 1. The molecule has 0 fully saturated rings. The number of hydrogen-bond acceptors (Lipinski definition) is 2. The molecule has 9 heavy (non-hydrogen) atoms. The third kappa shape index (κ3) is 1.22. The van der Waals surface area contributed by atoms with Crippen LogP contribution in [0.1, 0.15) is 6.42 Å². The van der Waals surface area contributed by atoms with Gasteiger partial charge in [0.25, 0.3) is 0 Å². The van der Waals surface area contributed by atoms with Crippen molar-refractivity contribution in [3.63, 3.8) is 0 Å². The second-order valence-electron chi connectivity index (χ2n) is 1.73. The van der Waals surface area contributed by atoms with E-state index in [1.165, 1.54) is 0 Å². The number of halogens is 1. The minimum atomic E-state index is -1.11. The largest absolute Gasteiger partial charge is 0.479 e. The van der Waals surface area contributed by atoms with E-state index in [0.717, 1.165) is 11.8 Å². The smallest absolute Gasteiger partial charge is 0.335 e. The zero-order valence-corrected chi connectivity index (χ0v) is 6.08.